The zero-order valence-electron chi connectivity index (χ0n) is 14.3. The molecule has 6 nitrogen and oxygen atoms in total. The van der Waals surface area contributed by atoms with Crippen LogP contribution < -0.4 is 15.6 Å². The third kappa shape index (κ3) is 4.34. The van der Waals surface area contributed by atoms with E-state index in [0.29, 0.717) is 0 Å². The van der Waals surface area contributed by atoms with Crippen LogP contribution in [0.2, 0.25) is 0 Å². The second-order valence-corrected chi connectivity index (χ2v) is 11.5. The molecule has 0 aliphatic rings. The van der Waals surface area contributed by atoms with E-state index in [1.165, 1.54) is 0 Å². The summed E-state index contributed by atoms with van der Waals surface area (Å²) >= 11 is 0. The Balaban J connectivity index is 3.48. The van der Waals surface area contributed by atoms with Gasteiger partial charge in [-0.15, -0.1) is 0 Å². The summed E-state index contributed by atoms with van der Waals surface area (Å²) < 4.78 is 33.2. The fraction of sp³-hybridized carbons (Fsp3) is 0.538. The summed E-state index contributed by atoms with van der Waals surface area (Å²) in [6.45, 7) is 2.06. The predicted molar refractivity (Wildman–Crippen MR) is 93.6 cm³/mol. The van der Waals surface area contributed by atoms with Crippen LogP contribution in [0.15, 0.2) is 12.1 Å². The highest BCUT2D eigenvalue weighted by Gasteiger charge is 2.27. The van der Waals surface area contributed by atoms with Crippen LogP contribution in [0, 0.1) is 6.92 Å². The Morgan fingerprint density at radius 1 is 0.591 bits per heavy atom. The summed E-state index contributed by atoms with van der Waals surface area (Å²) in [7, 11) is 4.21. The fourth-order valence-electron chi connectivity index (χ4n) is 2.48. The van der Waals surface area contributed by atoms with Crippen molar-refractivity contribution in [2.24, 2.45) is 0 Å². The van der Waals surface area contributed by atoms with Gasteiger partial charge in [-0.05, 0) is 28.0 Å². The monoisotopic (exact) mass is 362 g/mol. The molecule has 0 atom stereocenters. The third-order valence-electron chi connectivity index (χ3n) is 3.57. The molecule has 0 bridgehead atoms. The fourth-order valence-corrected chi connectivity index (χ4v) is 7.50. The maximum absolute atomic E-state index is 5.55. The molecule has 0 aliphatic heterocycles. The second-order valence-electron chi connectivity index (χ2n) is 4.73. The first-order valence-corrected chi connectivity index (χ1v) is 11.4. The van der Waals surface area contributed by atoms with Crippen molar-refractivity contribution in [1.29, 1.82) is 0 Å². The van der Waals surface area contributed by atoms with Gasteiger partial charge in [0, 0.05) is 42.7 Å². The van der Waals surface area contributed by atoms with E-state index in [0.717, 1.165) is 21.1 Å². The third-order valence-corrected chi connectivity index (χ3v) is 9.24. The van der Waals surface area contributed by atoms with Gasteiger partial charge in [0.05, 0.1) is 0 Å². The van der Waals surface area contributed by atoms with Gasteiger partial charge in [0.1, 0.15) is 0 Å². The SMILES string of the molecule is CO[SiH](OC)c1cc([SiH](OC)OC)c(C)c([SiH](OC)OC)c1. The van der Waals surface area contributed by atoms with Gasteiger partial charge in [0.15, 0.2) is 0 Å². The van der Waals surface area contributed by atoms with Gasteiger partial charge >= 0.3 is 27.9 Å². The molecule has 9 heteroatoms. The number of hydrogen-bond acceptors (Lipinski definition) is 6. The van der Waals surface area contributed by atoms with Crippen molar-refractivity contribution in [3.8, 4) is 0 Å². The van der Waals surface area contributed by atoms with Crippen LogP contribution in [0.4, 0.5) is 0 Å². The quantitative estimate of drug-likeness (QED) is 0.481. The van der Waals surface area contributed by atoms with Gasteiger partial charge in [0.2, 0.25) is 0 Å². The Bertz CT molecular complexity index is 428. The van der Waals surface area contributed by atoms with E-state index in [4.69, 9.17) is 26.6 Å². The lowest BCUT2D eigenvalue weighted by molar-refractivity contribution is 0.289. The average Bonchev–Trinajstić information content (AvgIpc) is 2.54. The van der Waals surface area contributed by atoms with Crippen molar-refractivity contribution in [2.75, 3.05) is 42.7 Å². The van der Waals surface area contributed by atoms with Crippen molar-refractivity contribution in [2.45, 2.75) is 6.92 Å². The summed E-state index contributed by atoms with van der Waals surface area (Å²) in [5.74, 6) is 0. The standard InChI is InChI=1S/C13H26O6Si3/c1-10-12(21(16-4)17-5)8-11(20(14-2)15-3)9-13(10)22(18-6)19-7/h8-9,20-22H,1-7H3. The van der Waals surface area contributed by atoms with Crippen molar-refractivity contribution >= 4 is 43.4 Å². The molecule has 1 rings (SSSR count). The highest BCUT2D eigenvalue weighted by Crippen LogP contribution is 2.01. The van der Waals surface area contributed by atoms with Crippen LogP contribution in [0.1, 0.15) is 5.56 Å². The Hall–Kier alpha value is -0.369. The van der Waals surface area contributed by atoms with Gasteiger partial charge in [-0.1, -0.05) is 12.1 Å². The van der Waals surface area contributed by atoms with Gasteiger partial charge < -0.3 is 26.6 Å². The Morgan fingerprint density at radius 3 is 1.18 bits per heavy atom. The minimum absolute atomic E-state index is 1.04. The molecule has 0 aliphatic carbocycles. The Labute approximate surface area is 137 Å². The van der Waals surface area contributed by atoms with Crippen LogP contribution in [0.25, 0.3) is 0 Å². The van der Waals surface area contributed by atoms with Gasteiger partial charge in [0.25, 0.3) is 0 Å². The number of benzene rings is 1. The minimum atomic E-state index is -1.95. The van der Waals surface area contributed by atoms with Crippen LogP contribution in [-0.2, 0) is 26.6 Å². The molecule has 22 heavy (non-hydrogen) atoms. The molecule has 0 amide bonds. The molecule has 0 N–H and O–H groups in total. The molecular formula is C13H26O6Si3. The first-order chi connectivity index (χ1) is 10.6. The van der Waals surface area contributed by atoms with E-state index in [-0.39, 0.29) is 0 Å². The normalized spacial score (nSPS) is 11.9. The molecular weight excluding hydrogens is 336 g/mol. The first-order valence-electron chi connectivity index (χ1n) is 6.88. The lowest BCUT2D eigenvalue weighted by atomic mass is 10.2. The lowest BCUT2D eigenvalue weighted by Gasteiger charge is -2.22. The van der Waals surface area contributed by atoms with E-state index in [9.17, 15) is 0 Å². The highest BCUT2D eigenvalue weighted by atomic mass is 28.3. The van der Waals surface area contributed by atoms with E-state index >= 15 is 0 Å². The van der Waals surface area contributed by atoms with E-state index in [1.54, 1.807) is 42.7 Å². The molecule has 0 radical (unpaired) electrons. The van der Waals surface area contributed by atoms with Crippen LogP contribution in [-0.4, -0.2) is 70.5 Å². The topological polar surface area (TPSA) is 55.4 Å². The molecule has 1 aromatic carbocycles. The summed E-state index contributed by atoms with van der Waals surface area (Å²) in [5.41, 5.74) is 1.12. The van der Waals surface area contributed by atoms with Crippen molar-refractivity contribution in [3.63, 3.8) is 0 Å². The predicted octanol–water partition coefficient (Wildman–Crippen LogP) is -1.84. The molecule has 0 unspecified atom stereocenters. The molecule has 1 aromatic rings. The summed E-state index contributed by atoms with van der Waals surface area (Å²) in [4.78, 5) is 0. The number of rotatable bonds is 9. The van der Waals surface area contributed by atoms with Crippen LogP contribution in [0.5, 0.6) is 0 Å². The molecule has 0 fully saturated rings. The first kappa shape index (κ1) is 19.7. The zero-order chi connectivity index (χ0) is 16.7. The summed E-state index contributed by atoms with van der Waals surface area (Å²) in [6.07, 6.45) is 0. The minimum Gasteiger partial charge on any atom is -0.397 e. The lowest BCUT2D eigenvalue weighted by Crippen LogP contribution is -2.50. The number of hydrogen-bond donors (Lipinski definition) is 0. The average molecular weight is 363 g/mol. The molecule has 0 heterocycles. The smallest absolute Gasteiger partial charge is 0.355 e. The molecule has 0 aromatic heterocycles. The van der Waals surface area contributed by atoms with E-state index in [2.05, 4.69) is 19.1 Å². The molecule has 0 saturated carbocycles. The second kappa shape index (κ2) is 9.70. The maximum Gasteiger partial charge on any atom is 0.355 e. The van der Waals surface area contributed by atoms with Crippen molar-refractivity contribution in [3.05, 3.63) is 17.7 Å². The van der Waals surface area contributed by atoms with E-state index in [1.807, 2.05) is 0 Å². The van der Waals surface area contributed by atoms with Crippen molar-refractivity contribution in [1.82, 2.24) is 0 Å². The molecule has 126 valence electrons. The summed E-state index contributed by atoms with van der Waals surface area (Å²) in [6, 6.07) is 4.17. The maximum atomic E-state index is 5.55. The largest absolute Gasteiger partial charge is 0.397 e. The molecule has 0 spiro atoms. The summed E-state index contributed by atoms with van der Waals surface area (Å²) in [5, 5.41) is 3.20. The Kier molecular flexibility index (Phi) is 8.67. The zero-order valence-corrected chi connectivity index (χ0v) is 17.8. The highest BCUT2D eigenvalue weighted by molar-refractivity contribution is 6.69. The molecule has 0 saturated heterocycles. The van der Waals surface area contributed by atoms with Gasteiger partial charge in [-0.3, -0.25) is 0 Å². The van der Waals surface area contributed by atoms with Gasteiger partial charge in [-0.25, -0.2) is 0 Å². The van der Waals surface area contributed by atoms with Crippen LogP contribution in [0.3, 0.4) is 0 Å². The van der Waals surface area contributed by atoms with Crippen molar-refractivity contribution < 1.29 is 26.6 Å². The van der Waals surface area contributed by atoms with E-state index < -0.39 is 27.9 Å². The van der Waals surface area contributed by atoms with Gasteiger partial charge in [-0.2, -0.15) is 0 Å². The Morgan fingerprint density at radius 2 is 0.909 bits per heavy atom. The van der Waals surface area contributed by atoms with Crippen LogP contribution >= 0.6 is 0 Å².